The maximum atomic E-state index is 14.7. The molecule has 2 aliphatic heterocycles. The molecule has 2 unspecified atom stereocenters. The van der Waals surface area contributed by atoms with E-state index >= 15 is 0 Å². The summed E-state index contributed by atoms with van der Waals surface area (Å²) in [6, 6.07) is 15.1. The Hall–Kier alpha value is -4.30. The van der Waals surface area contributed by atoms with E-state index in [1.807, 2.05) is 37.3 Å². The second-order valence-corrected chi connectivity index (χ2v) is 9.66. The molecule has 0 radical (unpaired) electrons. The Kier molecular flexibility index (Phi) is 5.65. The normalized spacial score (nSPS) is 16.8. The SMILES string of the molecule is COc1cc(N)nc(C)c1CNC(=O)c1ccc2c(c1)C1OC2c2ccc(-c3c(C)cc(F)cc3F)cc21. The van der Waals surface area contributed by atoms with Crippen LogP contribution in [0.4, 0.5) is 14.6 Å². The third-order valence-electron chi connectivity index (χ3n) is 7.33. The van der Waals surface area contributed by atoms with Gasteiger partial charge in [0, 0.05) is 41.1 Å². The fourth-order valence-corrected chi connectivity index (χ4v) is 5.57. The van der Waals surface area contributed by atoms with E-state index in [2.05, 4.69) is 10.3 Å². The van der Waals surface area contributed by atoms with Gasteiger partial charge in [0.2, 0.25) is 0 Å². The summed E-state index contributed by atoms with van der Waals surface area (Å²) in [5.41, 5.74) is 13.1. The van der Waals surface area contributed by atoms with Crippen molar-refractivity contribution in [3.8, 4) is 16.9 Å². The van der Waals surface area contributed by atoms with Gasteiger partial charge in [0.1, 0.15) is 35.4 Å². The first kappa shape index (κ1) is 24.1. The van der Waals surface area contributed by atoms with E-state index < -0.39 is 11.6 Å². The van der Waals surface area contributed by atoms with Crippen molar-refractivity contribution in [3.05, 3.63) is 111 Å². The number of hydrogen-bond donors (Lipinski definition) is 2. The van der Waals surface area contributed by atoms with E-state index in [0.29, 0.717) is 39.5 Å². The molecule has 2 atom stereocenters. The molecule has 3 heterocycles. The lowest BCUT2D eigenvalue weighted by molar-refractivity contribution is 0.0857. The third kappa shape index (κ3) is 3.80. The molecule has 0 spiro atoms. The first-order valence-corrected chi connectivity index (χ1v) is 12.2. The summed E-state index contributed by atoms with van der Waals surface area (Å²) in [5.74, 6) is -0.534. The number of benzene rings is 3. The molecule has 0 saturated heterocycles. The number of rotatable bonds is 5. The van der Waals surface area contributed by atoms with Crippen molar-refractivity contribution in [1.82, 2.24) is 10.3 Å². The predicted molar refractivity (Wildman–Crippen MR) is 139 cm³/mol. The number of carbonyl (C=O) groups is 1. The molecule has 6 rings (SSSR count). The molecular weight excluding hydrogens is 488 g/mol. The van der Waals surface area contributed by atoms with Gasteiger partial charge < -0.3 is 20.5 Å². The van der Waals surface area contributed by atoms with Crippen LogP contribution >= 0.6 is 0 Å². The van der Waals surface area contributed by atoms with Gasteiger partial charge in [-0.2, -0.15) is 0 Å². The second kappa shape index (κ2) is 8.92. The molecule has 38 heavy (non-hydrogen) atoms. The molecule has 2 aliphatic rings. The minimum absolute atomic E-state index is 0.232. The number of methoxy groups -OCH3 is 1. The van der Waals surface area contributed by atoms with Gasteiger partial charge in [-0.15, -0.1) is 0 Å². The number of nitrogens with two attached hydrogens (primary N) is 1. The Bertz CT molecular complexity index is 1610. The van der Waals surface area contributed by atoms with Crippen LogP contribution in [0.3, 0.4) is 0 Å². The number of nitrogens with zero attached hydrogens (tertiary/aromatic N) is 1. The molecule has 192 valence electrons. The summed E-state index contributed by atoms with van der Waals surface area (Å²) in [4.78, 5) is 17.3. The van der Waals surface area contributed by atoms with Crippen molar-refractivity contribution in [3.63, 3.8) is 0 Å². The van der Waals surface area contributed by atoms with E-state index in [-0.39, 0.29) is 24.7 Å². The highest BCUT2D eigenvalue weighted by Gasteiger charge is 2.43. The minimum Gasteiger partial charge on any atom is -0.496 e. The quantitative estimate of drug-likeness (QED) is 0.358. The van der Waals surface area contributed by atoms with Gasteiger partial charge >= 0.3 is 0 Å². The monoisotopic (exact) mass is 513 g/mol. The number of aromatic nitrogens is 1. The van der Waals surface area contributed by atoms with Crippen molar-refractivity contribution in [2.24, 2.45) is 0 Å². The van der Waals surface area contributed by atoms with Crippen LogP contribution in [-0.4, -0.2) is 18.0 Å². The summed E-state index contributed by atoms with van der Waals surface area (Å²) in [7, 11) is 1.55. The highest BCUT2D eigenvalue weighted by atomic mass is 19.1. The number of nitrogen functional groups attached to an aromatic ring is 1. The molecule has 4 aromatic rings. The van der Waals surface area contributed by atoms with Crippen molar-refractivity contribution in [2.45, 2.75) is 32.6 Å². The smallest absolute Gasteiger partial charge is 0.251 e. The van der Waals surface area contributed by atoms with Crippen LogP contribution in [-0.2, 0) is 11.3 Å². The molecule has 6 nitrogen and oxygen atoms in total. The highest BCUT2D eigenvalue weighted by molar-refractivity contribution is 5.94. The number of carbonyl (C=O) groups excluding carboxylic acids is 1. The molecule has 0 fully saturated rings. The number of hydrogen-bond acceptors (Lipinski definition) is 5. The number of ether oxygens (including phenoxy) is 2. The third-order valence-corrected chi connectivity index (χ3v) is 7.33. The molecule has 2 bridgehead atoms. The lowest BCUT2D eigenvalue weighted by Gasteiger charge is -2.18. The Morgan fingerprint density at radius 2 is 1.71 bits per heavy atom. The number of aryl methyl sites for hydroxylation is 2. The van der Waals surface area contributed by atoms with Crippen LogP contribution < -0.4 is 15.8 Å². The molecule has 0 aliphatic carbocycles. The molecule has 0 saturated carbocycles. The topological polar surface area (TPSA) is 86.5 Å². The van der Waals surface area contributed by atoms with Crippen molar-refractivity contribution in [2.75, 3.05) is 12.8 Å². The zero-order chi connectivity index (χ0) is 26.7. The fraction of sp³-hybridized carbons (Fsp3) is 0.200. The number of halogens is 2. The number of pyridine rings is 1. The number of fused-ring (bicyclic) bond motifs is 8. The van der Waals surface area contributed by atoms with Crippen LogP contribution in [0, 0.1) is 25.5 Å². The highest BCUT2D eigenvalue weighted by Crippen LogP contribution is 2.55. The summed E-state index contributed by atoms with van der Waals surface area (Å²) < 4.78 is 40.0. The van der Waals surface area contributed by atoms with Gasteiger partial charge in [-0.3, -0.25) is 4.79 Å². The minimum atomic E-state index is -0.603. The van der Waals surface area contributed by atoms with Crippen LogP contribution in [0.15, 0.2) is 54.6 Å². The number of nitrogens with one attached hydrogen (secondary N) is 1. The predicted octanol–water partition coefficient (Wildman–Crippen LogP) is 5.69. The largest absolute Gasteiger partial charge is 0.496 e. The lowest BCUT2D eigenvalue weighted by atomic mass is 9.83. The standard InChI is InChI=1S/C30H25F2N3O3/c1-14-8-18(31)11-24(32)27(14)16-4-6-19-21(9-16)29-22-10-17(5-7-20(22)28(19)38-29)30(36)34-13-23-15(2)35-26(33)12-25(23)37-3/h4-12,28-29H,13H2,1-3H3,(H2,33,35)(H,34,36). The van der Waals surface area contributed by atoms with E-state index in [1.165, 1.54) is 6.07 Å². The van der Waals surface area contributed by atoms with Gasteiger partial charge in [0.15, 0.2) is 0 Å². The van der Waals surface area contributed by atoms with Gasteiger partial charge in [-0.25, -0.2) is 13.8 Å². The lowest BCUT2D eigenvalue weighted by Crippen LogP contribution is -2.24. The maximum absolute atomic E-state index is 14.7. The summed E-state index contributed by atoms with van der Waals surface area (Å²) >= 11 is 0. The van der Waals surface area contributed by atoms with Crippen LogP contribution in [0.1, 0.15) is 61.6 Å². The Morgan fingerprint density at radius 3 is 2.45 bits per heavy atom. The molecular formula is C30H25F2N3O3. The number of amides is 1. The molecule has 1 amide bonds. The zero-order valence-electron chi connectivity index (χ0n) is 21.1. The molecule has 3 aromatic carbocycles. The Balaban J connectivity index is 1.28. The molecule has 1 aromatic heterocycles. The first-order valence-electron chi connectivity index (χ1n) is 12.2. The fourth-order valence-electron chi connectivity index (χ4n) is 5.57. The van der Waals surface area contributed by atoms with Gasteiger partial charge in [0.25, 0.3) is 5.91 Å². The van der Waals surface area contributed by atoms with Crippen LogP contribution in [0.5, 0.6) is 5.75 Å². The van der Waals surface area contributed by atoms with Gasteiger partial charge in [-0.1, -0.05) is 18.2 Å². The molecule has 3 N–H and O–H groups in total. The molecule has 8 heteroatoms. The summed E-state index contributed by atoms with van der Waals surface area (Å²) in [6.07, 6.45) is -0.617. The van der Waals surface area contributed by atoms with E-state index in [4.69, 9.17) is 15.2 Å². The summed E-state index contributed by atoms with van der Waals surface area (Å²) in [5, 5.41) is 2.94. The van der Waals surface area contributed by atoms with Crippen LogP contribution in [0.2, 0.25) is 0 Å². The average Bonchev–Trinajstić information content (AvgIpc) is 3.44. The second-order valence-electron chi connectivity index (χ2n) is 9.66. The van der Waals surface area contributed by atoms with Crippen molar-refractivity contribution >= 4 is 11.7 Å². The van der Waals surface area contributed by atoms with E-state index in [9.17, 15) is 13.6 Å². The Morgan fingerprint density at radius 1 is 1.00 bits per heavy atom. The van der Waals surface area contributed by atoms with Gasteiger partial charge in [-0.05, 0) is 71.5 Å². The van der Waals surface area contributed by atoms with Crippen molar-refractivity contribution < 1.29 is 23.0 Å². The van der Waals surface area contributed by atoms with E-state index in [1.54, 1.807) is 26.2 Å². The summed E-state index contributed by atoms with van der Waals surface area (Å²) in [6.45, 7) is 3.74. The maximum Gasteiger partial charge on any atom is 0.251 e. The van der Waals surface area contributed by atoms with Gasteiger partial charge in [0.05, 0.1) is 7.11 Å². The first-order chi connectivity index (χ1) is 18.2. The van der Waals surface area contributed by atoms with Crippen molar-refractivity contribution in [1.29, 1.82) is 0 Å². The zero-order valence-corrected chi connectivity index (χ0v) is 21.1. The number of anilines is 1. The van der Waals surface area contributed by atoms with E-state index in [0.717, 1.165) is 33.9 Å². The van der Waals surface area contributed by atoms with Crippen LogP contribution in [0.25, 0.3) is 11.1 Å². The Labute approximate surface area is 218 Å². The average molecular weight is 514 g/mol.